The van der Waals surface area contributed by atoms with Crippen LogP contribution in [0.1, 0.15) is 37.7 Å². The lowest BCUT2D eigenvalue weighted by Crippen LogP contribution is -2.40. The Balaban J connectivity index is 1.74. The molecule has 4 aromatic rings. The Morgan fingerprint density at radius 3 is 2.50 bits per heavy atom. The Morgan fingerprint density at radius 2 is 1.81 bits per heavy atom. The zero-order chi connectivity index (χ0) is 25.7. The molecule has 4 rings (SSSR count). The van der Waals surface area contributed by atoms with Gasteiger partial charge in [0.05, 0.1) is 34.3 Å². The minimum atomic E-state index is -0.586. The topological polar surface area (TPSA) is 64.4 Å². The number of aromatic nitrogens is 2. The van der Waals surface area contributed by atoms with E-state index in [0.717, 1.165) is 5.56 Å². The third-order valence-electron chi connectivity index (χ3n) is 6.02. The highest BCUT2D eigenvalue weighted by molar-refractivity contribution is 6.30. The van der Waals surface area contributed by atoms with E-state index >= 15 is 0 Å². The fraction of sp³-hybridized carbons (Fsp3) is 0.250. The number of carbonyl (C=O) groups excluding carboxylic acids is 1. The molecule has 1 unspecified atom stereocenters. The van der Waals surface area contributed by atoms with Crippen LogP contribution in [0.15, 0.2) is 77.6 Å². The number of ether oxygens (including phenoxy) is 1. The first-order valence-corrected chi connectivity index (χ1v) is 12.2. The second-order valence-electron chi connectivity index (χ2n) is 8.31. The van der Waals surface area contributed by atoms with Crippen LogP contribution in [0.4, 0.5) is 4.39 Å². The van der Waals surface area contributed by atoms with Crippen molar-refractivity contribution in [3.63, 3.8) is 0 Å². The molecule has 0 bridgehead atoms. The summed E-state index contributed by atoms with van der Waals surface area (Å²) in [6.07, 6.45) is 0.498. The van der Waals surface area contributed by atoms with Gasteiger partial charge in [0, 0.05) is 6.54 Å². The van der Waals surface area contributed by atoms with E-state index in [1.54, 1.807) is 29.2 Å². The molecular formula is C28H27ClFN3O3. The monoisotopic (exact) mass is 507 g/mol. The van der Waals surface area contributed by atoms with Gasteiger partial charge in [0.15, 0.2) is 0 Å². The summed E-state index contributed by atoms with van der Waals surface area (Å²) in [5.74, 6) is -0.426. The van der Waals surface area contributed by atoms with Crippen LogP contribution in [-0.2, 0) is 16.1 Å². The van der Waals surface area contributed by atoms with Gasteiger partial charge in [-0.05, 0) is 49.2 Å². The standard InChI is InChI=1S/C28H27ClFN3O3/c1-3-25(32(4-2)26(34)18-36-17-19-10-6-5-7-11-19)27-31-24-13-9-8-12-21(24)28(35)33(27)20-14-15-23(30)22(29)16-20/h5-16,25H,3-4,17-18H2,1-2H3. The summed E-state index contributed by atoms with van der Waals surface area (Å²) in [6.45, 7) is 4.39. The SMILES string of the molecule is CCC(c1nc2ccccc2c(=O)n1-c1ccc(F)c(Cl)c1)N(CC)C(=O)COCc1ccccc1. The van der Waals surface area contributed by atoms with Crippen molar-refractivity contribution in [2.45, 2.75) is 32.9 Å². The molecule has 0 aliphatic rings. The maximum atomic E-state index is 13.9. The predicted molar refractivity (Wildman–Crippen MR) is 139 cm³/mol. The van der Waals surface area contributed by atoms with Crippen LogP contribution < -0.4 is 5.56 Å². The number of benzene rings is 3. The molecule has 36 heavy (non-hydrogen) atoms. The minimum Gasteiger partial charge on any atom is -0.367 e. The molecular weight excluding hydrogens is 481 g/mol. The molecule has 0 N–H and O–H groups in total. The molecule has 0 radical (unpaired) electrons. The molecule has 8 heteroatoms. The number of amides is 1. The van der Waals surface area contributed by atoms with Crippen LogP contribution in [0.2, 0.25) is 5.02 Å². The molecule has 1 atom stereocenters. The van der Waals surface area contributed by atoms with Crippen molar-refractivity contribution in [3.05, 3.63) is 105 Å². The molecule has 186 valence electrons. The van der Waals surface area contributed by atoms with Gasteiger partial charge in [0.1, 0.15) is 18.2 Å². The van der Waals surface area contributed by atoms with Crippen LogP contribution in [0.5, 0.6) is 0 Å². The third kappa shape index (κ3) is 5.32. The van der Waals surface area contributed by atoms with Gasteiger partial charge in [-0.15, -0.1) is 0 Å². The summed E-state index contributed by atoms with van der Waals surface area (Å²) >= 11 is 6.06. The lowest BCUT2D eigenvalue weighted by molar-refractivity contribution is -0.139. The molecule has 0 aliphatic carbocycles. The van der Waals surface area contributed by atoms with Gasteiger partial charge in [-0.2, -0.15) is 0 Å². The molecule has 0 saturated heterocycles. The van der Waals surface area contributed by atoms with E-state index in [1.807, 2.05) is 44.2 Å². The van der Waals surface area contributed by atoms with Gasteiger partial charge in [-0.3, -0.25) is 14.2 Å². The van der Waals surface area contributed by atoms with E-state index in [1.165, 1.54) is 22.8 Å². The normalized spacial score (nSPS) is 12.0. The average molecular weight is 508 g/mol. The average Bonchev–Trinajstić information content (AvgIpc) is 2.89. The highest BCUT2D eigenvalue weighted by Crippen LogP contribution is 2.27. The molecule has 0 spiro atoms. The van der Waals surface area contributed by atoms with Gasteiger partial charge in [-0.1, -0.05) is 61.0 Å². The number of carbonyl (C=O) groups is 1. The quantitative estimate of drug-likeness (QED) is 0.292. The van der Waals surface area contributed by atoms with E-state index in [9.17, 15) is 14.0 Å². The fourth-order valence-electron chi connectivity index (χ4n) is 4.27. The number of para-hydroxylation sites is 1. The highest BCUT2D eigenvalue weighted by atomic mass is 35.5. The largest absolute Gasteiger partial charge is 0.367 e. The molecule has 1 heterocycles. The summed E-state index contributed by atoms with van der Waals surface area (Å²) in [4.78, 5) is 33.3. The maximum Gasteiger partial charge on any atom is 0.266 e. The summed E-state index contributed by atoms with van der Waals surface area (Å²) in [5.41, 5.74) is 1.55. The van der Waals surface area contributed by atoms with E-state index < -0.39 is 11.9 Å². The van der Waals surface area contributed by atoms with Gasteiger partial charge >= 0.3 is 0 Å². The highest BCUT2D eigenvalue weighted by Gasteiger charge is 2.28. The van der Waals surface area contributed by atoms with Crippen molar-refractivity contribution in [2.24, 2.45) is 0 Å². The maximum absolute atomic E-state index is 13.9. The Kier molecular flexibility index (Phi) is 8.13. The number of rotatable bonds is 9. The molecule has 1 aromatic heterocycles. The Bertz CT molecular complexity index is 1420. The van der Waals surface area contributed by atoms with Gasteiger partial charge in [0.2, 0.25) is 5.91 Å². The first-order chi connectivity index (χ1) is 17.4. The Hall–Kier alpha value is -3.55. The molecule has 0 fully saturated rings. The Morgan fingerprint density at radius 1 is 1.08 bits per heavy atom. The zero-order valence-corrected chi connectivity index (χ0v) is 20.9. The molecule has 0 aliphatic heterocycles. The number of halogens is 2. The van der Waals surface area contributed by atoms with E-state index in [-0.39, 0.29) is 23.1 Å². The van der Waals surface area contributed by atoms with Gasteiger partial charge < -0.3 is 9.64 Å². The number of nitrogens with zero attached hydrogens (tertiary/aromatic N) is 3. The van der Waals surface area contributed by atoms with Crippen LogP contribution in [-0.4, -0.2) is 33.5 Å². The van der Waals surface area contributed by atoms with Gasteiger partial charge in [-0.25, -0.2) is 9.37 Å². The molecule has 6 nitrogen and oxygen atoms in total. The van der Waals surface area contributed by atoms with Crippen molar-refractivity contribution < 1.29 is 13.9 Å². The van der Waals surface area contributed by atoms with Crippen LogP contribution in [0, 0.1) is 5.82 Å². The van der Waals surface area contributed by atoms with Crippen molar-refractivity contribution in [1.29, 1.82) is 0 Å². The Labute approximate surface area is 213 Å². The third-order valence-corrected chi connectivity index (χ3v) is 6.31. The number of hydrogen-bond acceptors (Lipinski definition) is 4. The molecule has 0 saturated carbocycles. The molecule has 3 aromatic carbocycles. The first-order valence-electron chi connectivity index (χ1n) is 11.8. The summed E-state index contributed by atoms with van der Waals surface area (Å²) in [7, 11) is 0. The number of likely N-dealkylation sites (N-methyl/N-ethyl adjacent to an activating group) is 1. The van der Waals surface area contributed by atoms with E-state index in [2.05, 4.69) is 0 Å². The van der Waals surface area contributed by atoms with E-state index in [0.29, 0.717) is 42.0 Å². The predicted octanol–water partition coefficient (Wildman–Crippen LogP) is 5.69. The number of hydrogen-bond donors (Lipinski definition) is 0. The van der Waals surface area contributed by atoms with Crippen molar-refractivity contribution >= 4 is 28.4 Å². The second kappa shape index (κ2) is 11.5. The summed E-state index contributed by atoms with van der Waals surface area (Å²) in [6, 6.07) is 20.2. The van der Waals surface area contributed by atoms with Crippen LogP contribution in [0.25, 0.3) is 16.6 Å². The lowest BCUT2D eigenvalue weighted by atomic mass is 10.1. The van der Waals surface area contributed by atoms with Crippen molar-refractivity contribution in [1.82, 2.24) is 14.5 Å². The number of fused-ring (bicyclic) bond motifs is 1. The summed E-state index contributed by atoms with van der Waals surface area (Å²) in [5, 5.41) is 0.307. The van der Waals surface area contributed by atoms with Gasteiger partial charge in [0.25, 0.3) is 5.56 Å². The molecule has 1 amide bonds. The lowest BCUT2D eigenvalue weighted by Gasteiger charge is -2.31. The smallest absolute Gasteiger partial charge is 0.266 e. The van der Waals surface area contributed by atoms with Crippen molar-refractivity contribution in [2.75, 3.05) is 13.2 Å². The second-order valence-corrected chi connectivity index (χ2v) is 8.72. The van der Waals surface area contributed by atoms with Crippen molar-refractivity contribution in [3.8, 4) is 5.69 Å². The summed E-state index contributed by atoms with van der Waals surface area (Å²) < 4.78 is 21.0. The zero-order valence-electron chi connectivity index (χ0n) is 20.2. The van der Waals surface area contributed by atoms with Crippen LogP contribution >= 0.6 is 11.6 Å². The minimum absolute atomic E-state index is 0.107. The van der Waals surface area contributed by atoms with E-state index in [4.69, 9.17) is 21.3 Å². The fourth-order valence-corrected chi connectivity index (χ4v) is 4.45. The van der Waals surface area contributed by atoms with Crippen LogP contribution in [0.3, 0.4) is 0 Å². The first kappa shape index (κ1) is 25.5.